The number of aryl methyl sites for hydroxylation is 1. The maximum absolute atomic E-state index is 13.2. The normalized spacial score (nSPS) is 14.8. The van der Waals surface area contributed by atoms with Crippen molar-refractivity contribution in [1.29, 1.82) is 0 Å². The number of aromatic nitrogens is 3. The fraction of sp³-hybridized carbons (Fsp3) is 0.348. The molecule has 0 radical (unpaired) electrons. The Morgan fingerprint density at radius 1 is 1.13 bits per heavy atom. The molecule has 1 aliphatic heterocycles. The highest BCUT2D eigenvalue weighted by Crippen LogP contribution is 2.23. The molecule has 0 unspecified atom stereocenters. The van der Waals surface area contributed by atoms with Crippen LogP contribution in [0, 0.1) is 11.7 Å². The summed E-state index contributed by atoms with van der Waals surface area (Å²) >= 11 is 6.07. The van der Waals surface area contributed by atoms with Crippen molar-refractivity contribution in [3.63, 3.8) is 0 Å². The minimum Gasteiger partial charge on any atom is -0.337 e. The minimum atomic E-state index is -0.384. The second kappa shape index (κ2) is 9.39. The Balaban J connectivity index is 1.29. The summed E-state index contributed by atoms with van der Waals surface area (Å²) in [6.45, 7) is 1.82. The zero-order valence-corrected chi connectivity index (χ0v) is 17.4. The first-order valence-corrected chi connectivity index (χ1v) is 10.6. The molecule has 1 saturated heterocycles. The van der Waals surface area contributed by atoms with Crippen LogP contribution < -0.4 is 0 Å². The van der Waals surface area contributed by atoms with Crippen molar-refractivity contribution in [2.45, 2.75) is 32.2 Å². The number of hydrogen-bond donors (Lipinski definition) is 0. The van der Waals surface area contributed by atoms with Gasteiger partial charge in [0.15, 0.2) is 5.69 Å². The van der Waals surface area contributed by atoms with Crippen LogP contribution in [-0.2, 0) is 13.0 Å². The number of amides is 1. The largest absolute Gasteiger partial charge is 0.337 e. The van der Waals surface area contributed by atoms with Crippen molar-refractivity contribution >= 4 is 17.5 Å². The van der Waals surface area contributed by atoms with Gasteiger partial charge >= 0.3 is 0 Å². The van der Waals surface area contributed by atoms with E-state index in [1.807, 2.05) is 11.0 Å². The summed E-state index contributed by atoms with van der Waals surface area (Å²) in [6.07, 6.45) is 5.89. The molecular formula is C23H24ClFN4O. The molecule has 1 aliphatic rings. The van der Waals surface area contributed by atoms with Crippen molar-refractivity contribution in [3.8, 4) is 0 Å². The first-order chi connectivity index (χ1) is 14.6. The molecule has 0 spiro atoms. The summed E-state index contributed by atoms with van der Waals surface area (Å²) in [7, 11) is 0. The minimum absolute atomic E-state index is 0.0898. The molecule has 156 valence electrons. The average molecular weight is 427 g/mol. The van der Waals surface area contributed by atoms with Crippen LogP contribution in [0.4, 0.5) is 4.39 Å². The molecule has 1 amide bonds. The van der Waals surface area contributed by atoms with Crippen LogP contribution in [0.2, 0.25) is 5.02 Å². The molecule has 1 fully saturated rings. The molecule has 5 nitrogen and oxygen atoms in total. The Labute approximate surface area is 180 Å². The van der Waals surface area contributed by atoms with Gasteiger partial charge in [-0.05, 0) is 54.9 Å². The number of piperidine rings is 1. The predicted molar refractivity (Wildman–Crippen MR) is 114 cm³/mol. The van der Waals surface area contributed by atoms with E-state index in [2.05, 4.69) is 34.6 Å². The molecule has 7 heteroatoms. The number of carbonyl (C=O) groups is 1. The zero-order valence-electron chi connectivity index (χ0n) is 16.7. The maximum atomic E-state index is 13.2. The van der Waals surface area contributed by atoms with Crippen LogP contribution in [0.5, 0.6) is 0 Å². The Morgan fingerprint density at radius 2 is 1.90 bits per heavy atom. The van der Waals surface area contributed by atoms with Gasteiger partial charge < -0.3 is 4.90 Å². The molecule has 0 aliphatic carbocycles. The average Bonchev–Trinajstić information content (AvgIpc) is 3.23. The lowest BCUT2D eigenvalue weighted by atomic mass is 9.90. The molecule has 3 aromatic rings. The third-order valence-electron chi connectivity index (χ3n) is 5.69. The van der Waals surface area contributed by atoms with Crippen molar-refractivity contribution in [3.05, 3.63) is 82.4 Å². The van der Waals surface area contributed by atoms with E-state index < -0.39 is 0 Å². The van der Waals surface area contributed by atoms with Crippen LogP contribution in [0.1, 0.15) is 40.9 Å². The molecule has 2 heterocycles. The van der Waals surface area contributed by atoms with Crippen molar-refractivity contribution < 1.29 is 9.18 Å². The van der Waals surface area contributed by atoms with Gasteiger partial charge in [-0.25, -0.2) is 9.07 Å². The van der Waals surface area contributed by atoms with E-state index in [0.29, 0.717) is 23.2 Å². The quantitative estimate of drug-likeness (QED) is 0.578. The topological polar surface area (TPSA) is 51.0 Å². The number of benzene rings is 2. The van der Waals surface area contributed by atoms with Gasteiger partial charge in [0.05, 0.1) is 12.7 Å². The molecule has 0 N–H and O–H groups in total. The van der Waals surface area contributed by atoms with E-state index in [1.54, 1.807) is 16.9 Å². The summed E-state index contributed by atoms with van der Waals surface area (Å²) in [5.74, 6) is 0.170. The molecule has 0 saturated carbocycles. The summed E-state index contributed by atoms with van der Waals surface area (Å²) in [6, 6.07) is 14.8. The number of likely N-dealkylation sites (tertiary alicyclic amines) is 1. The van der Waals surface area contributed by atoms with Gasteiger partial charge in [0.2, 0.25) is 0 Å². The van der Waals surface area contributed by atoms with E-state index in [1.165, 1.54) is 17.7 Å². The zero-order chi connectivity index (χ0) is 20.9. The lowest BCUT2D eigenvalue weighted by molar-refractivity contribution is 0.0681. The van der Waals surface area contributed by atoms with Gasteiger partial charge in [-0.1, -0.05) is 53.2 Å². The van der Waals surface area contributed by atoms with Gasteiger partial charge in [-0.3, -0.25) is 4.79 Å². The molecule has 0 bridgehead atoms. The van der Waals surface area contributed by atoms with Gasteiger partial charge in [-0.15, -0.1) is 5.10 Å². The molecule has 4 rings (SSSR count). The maximum Gasteiger partial charge on any atom is 0.276 e. The van der Waals surface area contributed by atoms with E-state index in [0.717, 1.165) is 44.3 Å². The standard InChI is InChI=1S/C23H24ClFN4O/c24-21-14-20(25)9-8-19(21)15-29-16-22(26-27-29)23(30)28-12-10-18(11-13-28)7-6-17-4-2-1-3-5-17/h1-5,8-9,14,16,18H,6-7,10-13,15H2. The molecule has 2 aromatic carbocycles. The van der Waals surface area contributed by atoms with Gasteiger partial charge in [0, 0.05) is 18.1 Å². The first kappa shape index (κ1) is 20.5. The van der Waals surface area contributed by atoms with E-state index >= 15 is 0 Å². The highest BCUT2D eigenvalue weighted by molar-refractivity contribution is 6.31. The van der Waals surface area contributed by atoms with Crippen LogP contribution in [0.15, 0.2) is 54.7 Å². The highest BCUT2D eigenvalue weighted by atomic mass is 35.5. The lowest BCUT2D eigenvalue weighted by Crippen LogP contribution is -2.38. The fourth-order valence-electron chi connectivity index (χ4n) is 3.90. The van der Waals surface area contributed by atoms with Gasteiger partial charge in [0.25, 0.3) is 5.91 Å². The van der Waals surface area contributed by atoms with Crippen molar-refractivity contribution in [1.82, 2.24) is 19.9 Å². The highest BCUT2D eigenvalue weighted by Gasteiger charge is 2.25. The van der Waals surface area contributed by atoms with Gasteiger partial charge in [0.1, 0.15) is 5.82 Å². The molecule has 1 aromatic heterocycles. The number of carbonyl (C=O) groups excluding carboxylic acids is 1. The summed E-state index contributed by atoms with van der Waals surface area (Å²) in [5, 5.41) is 8.40. The second-order valence-electron chi connectivity index (χ2n) is 7.80. The number of halogens is 2. The number of nitrogens with zero attached hydrogens (tertiary/aromatic N) is 4. The van der Waals surface area contributed by atoms with Crippen molar-refractivity contribution in [2.24, 2.45) is 5.92 Å². The molecule has 0 atom stereocenters. The summed E-state index contributed by atoms with van der Waals surface area (Å²) in [5.41, 5.74) is 2.42. The predicted octanol–water partition coefficient (Wildman–Crippen LogP) is 4.60. The SMILES string of the molecule is O=C(c1cn(Cc2ccc(F)cc2Cl)nn1)N1CCC(CCc2ccccc2)CC1. The van der Waals surface area contributed by atoms with Crippen LogP contribution >= 0.6 is 11.6 Å². The monoisotopic (exact) mass is 426 g/mol. The summed E-state index contributed by atoms with van der Waals surface area (Å²) in [4.78, 5) is 14.7. The van der Waals surface area contributed by atoms with Crippen molar-refractivity contribution in [2.75, 3.05) is 13.1 Å². The second-order valence-corrected chi connectivity index (χ2v) is 8.20. The van der Waals surface area contributed by atoms with Crippen LogP contribution in [-0.4, -0.2) is 38.9 Å². The number of hydrogen-bond acceptors (Lipinski definition) is 3. The Morgan fingerprint density at radius 3 is 2.63 bits per heavy atom. The molecule has 30 heavy (non-hydrogen) atoms. The lowest BCUT2D eigenvalue weighted by Gasteiger charge is -2.31. The Hall–Kier alpha value is -2.73. The van der Waals surface area contributed by atoms with E-state index in [-0.39, 0.29) is 11.7 Å². The third-order valence-corrected chi connectivity index (χ3v) is 6.04. The smallest absolute Gasteiger partial charge is 0.276 e. The Bertz CT molecular complexity index is 999. The third kappa shape index (κ3) is 5.05. The Kier molecular flexibility index (Phi) is 6.43. The fourth-order valence-corrected chi connectivity index (χ4v) is 4.13. The number of rotatable bonds is 6. The van der Waals surface area contributed by atoms with E-state index in [4.69, 9.17) is 11.6 Å². The van der Waals surface area contributed by atoms with E-state index in [9.17, 15) is 9.18 Å². The molecular weight excluding hydrogens is 403 g/mol. The summed E-state index contributed by atoms with van der Waals surface area (Å²) < 4.78 is 14.7. The van der Waals surface area contributed by atoms with Crippen LogP contribution in [0.25, 0.3) is 0 Å². The van der Waals surface area contributed by atoms with Crippen LogP contribution in [0.3, 0.4) is 0 Å². The first-order valence-electron chi connectivity index (χ1n) is 10.3. The van der Waals surface area contributed by atoms with Gasteiger partial charge in [-0.2, -0.15) is 0 Å².